The highest BCUT2D eigenvalue weighted by atomic mass is 35.5. The number of carbonyl (C=O) groups is 1. The lowest BCUT2D eigenvalue weighted by molar-refractivity contribution is -0.137. The van der Waals surface area contributed by atoms with Crippen molar-refractivity contribution in [1.82, 2.24) is 0 Å². The van der Waals surface area contributed by atoms with Crippen LogP contribution in [0.15, 0.2) is 30.4 Å². The SMILES string of the molecule is O=C(O)CCC[C@H]1CC[C@@H]2[C@@H](C=C[C@@H](O)COc3cc(Cl)cc(Cl)c3)[C@H](O)C[C@@H]2OC1. The summed E-state index contributed by atoms with van der Waals surface area (Å²) in [5.41, 5.74) is 0. The van der Waals surface area contributed by atoms with Gasteiger partial charge < -0.3 is 24.8 Å². The van der Waals surface area contributed by atoms with E-state index in [4.69, 9.17) is 37.8 Å². The van der Waals surface area contributed by atoms with Crippen molar-refractivity contribution in [1.29, 1.82) is 0 Å². The number of aliphatic hydroxyl groups is 2. The molecule has 0 unspecified atom stereocenters. The fraction of sp³-hybridized carbons (Fsp3) is 0.609. The van der Waals surface area contributed by atoms with E-state index in [0.717, 1.165) is 19.3 Å². The van der Waals surface area contributed by atoms with Crippen LogP contribution in [-0.2, 0) is 9.53 Å². The maximum atomic E-state index is 10.7. The Morgan fingerprint density at radius 3 is 2.71 bits per heavy atom. The van der Waals surface area contributed by atoms with Crippen molar-refractivity contribution in [2.24, 2.45) is 17.8 Å². The minimum absolute atomic E-state index is 0.00359. The van der Waals surface area contributed by atoms with Crippen LogP contribution in [0.2, 0.25) is 10.0 Å². The predicted molar refractivity (Wildman–Crippen MR) is 119 cm³/mol. The zero-order valence-electron chi connectivity index (χ0n) is 17.3. The number of rotatable bonds is 9. The maximum absolute atomic E-state index is 10.7. The zero-order valence-corrected chi connectivity index (χ0v) is 18.8. The van der Waals surface area contributed by atoms with E-state index in [0.29, 0.717) is 41.2 Å². The van der Waals surface area contributed by atoms with Gasteiger partial charge in [0.25, 0.3) is 0 Å². The monoisotopic (exact) mass is 472 g/mol. The molecular weight excluding hydrogens is 443 g/mol. The van der Waals surface area contributed by atoms with Gasteiger partial charge >= 0.3 is 5.97 Å². The van der Waals surface area contributed by atoms with E-state index in [2.05, 4.69) is 0 Å². The molecule has 172 valence electrons. The van der Waals surface area contributed by atoms with Gasteiger partial charge in [-0.05, 0) is 55.7 Å². The summed E-state index contributed by atoms with van der Waals surface area (Å²) in [7, 11) is 0. The van der Waals surface area contributed by atoms with Crippen LogP contribution in [0.4, 0.5) is 0 Å². The van der Waals surface area contributed by atoms with E-state index in [9.17, 15) is 15.0 Å². The molecule has 2 aliphatic rings. The van der Waals surface area contributed by atoms with Crippen molar-refractivity contribution in [3.05, 3.63) is 40.4 Å². The second kappa shape index (κ2) is 11.5. The molecular formula is C23H30Cl2O6. The number of fused-ring (bicyclic) bond motifs is 1. The first kappa shape index (κ1) is 24.3. The Bertz CT molecular complexity index is 750. The van der Waals surface area contributed by atoms with Crippen LogP contribution < -0.4 is 4.74 Å². The van der Waals surface area contributed by atoms with Crippen LogP contribution in [0.1, 0.15) is 38.5 Å². The maximum Gasteiger partial charge on any atom is 0.303 e. The third-order valence-corrected chi connectivity index (χ3v) is 6.60. The van der Waals surface area contributed by atoms with Gasteiger partial charge in [0.05, 0.1) is 12.2 Å². The summed E-state index contributed by atoms with van der Waals surface area (Å²) in [4.78, 5) is 10.7. The average molecular weight is 473 g/mol. The molecule has 1 aromatic rings. The molecule has 0 bridgehead atoms. The Balaban J connectivity index is 1.50. The minimum atomic E-state index is -0.834. The van der Waals surface area contributed by atoms with Gasteiger partial charge in [0, 0.05) is 35.4 Å². The van der Waals surface area contributed by atoms with Crippen LogP contribution in [0.25, 0.3) is 0 Å². The summed E-state index contributed by atoms with van der Waals surface area (Å²) in [5.74, 6) is 0.182. The van der Waals surface area contributed by atoms with Crippen molar-refractivity contribution >= 4 is 29.2 Å². The van der Waals surface area contributed by atoms with Gasteiger partial charge in [-0.1, -0.05) is 35.4 Å². The molecule has 3 rings (SSSR count). The second-order valence-electron chi connectivity index (χ2n) is 8.51. The minimum Gasteiger partial charge on any atom is -0.490 e. The quantitative estimate of drug-likeness (QED) is 0.462. The first-order valence-electron chi connectivity index (χ1n) is 10.8. The van der Waals surface area contributed by atoms with E-state index in [1.165, 1.54) is 0 Å². The number of carboxylic acid groups (broad SMARTS) is 1. The Hall–Kier alpha value is -1.31. The average Bonchev–Trinajstić information content (AvgIpc) is 2.85. The van der Waals surface area contributed by atoms with Gasteiger partial charge in [-0.3, -0.25) is 4.79 Å². The van der Waals surface area contributed by atoms with Crippen molar-refractivity contribution in [3.63, 3.8) is 0 Å². The van der Waals surface area contributed by atoms with Gasteiger partial charge in [-0.15, -0.1) is 0 Å². The Morgan fingerprint density at radius 2 is 2.00 bits per heavy atom. The number of ether oxygens (including phenoxy) is 2. The second-order valence-corrected chi connectivity index (χ2v) is 9.39. The van der Waals surface area contributed by atoms with E-state index in [1.807, 2.05) is 6.08 Å². The molecule has 0 radical (unpaired) electrons. The largest absolute Gasteiger partial charge is 0.490 e. The fourth-order valence-corrected chi connectivity index (χ4v) is 5.10. The molecule has 8 heteroatoms. The summed E-state index contributed by atoms with van der Waals surface area (Å²) >= 11 is 11.9. The first-order chi connectivity index (χ1) is 14.8. The van der Waals surface area contributed by atoms with Gasteiger partial charge in [0.15, 0.2) is 0 Å². The molecule has 0 spiro atoms. The Kier molecular flexibility index (Phi) is 9.05. The molecule has 1 aromatic carbocycles. The number of aliphatic hydroxyl groups excluding tert-OH is 2. The fourth-order valence-electron chi connectivity index (χ4n) is 4.59. The highest BCUT2D eigenvalue weighted by molar-refractivity contribution is 6.34. The van der Waals surface area contributed by atoms with Crippen molar-refractivity contribution < 1.29 is 29.6 Å². The lowest BCUT2D eigenvalue weighted by Gasteiger charge is -2.21. The molecule has 2 fully saturated rings. The lowest BCUT2D eigenvalue weighted by Crippen LogP contribution is -2.22. The third-order valence-electron chi connectivity index (χ3n) is 6.16. The summed E-state index contributed by atoms with van der Waals surface area (Å²) in [6, 6.07) is 4.87. The predicted octanol–water partition coefficient (Wildman–Crippen LogP) is 4.34. The highest BCUT2D eigenvalue weighted by Gasteiger charge is 2.43. The van der Waals surface area contributed by atoms with Crippen LogP contribution in [0, 0.1) is 17.8 Å². The van der Waals surface area contributed by atoms with E-state index in [-0.39, 0.29) is 31.0 Å². The third kappa shape index (κ3) is 7.36. The molecule has 31 heavy (non-hydrogen) atoms. The summed E-state index contributed by atoms with van der Waals surface area (Å²) in [6.07, 6.45) is 6.35. The first-order valence-corrected chi connectivity index (χ1v) is 11.5. The number of aliphatic carboxylic acids is 1. The molecule has 1 aliphatic heterocycles. The molecule has 0 amide bonds. The summed E-state index contributed by atoms with van der Waals surface area (Å²) in [6.45, 7) is 0.662. The van der Waals surface area contributed by atoms with Crippen LogP contribution in [0.5, 0.6) is 5.75 Å². The molecule has 1 saturated carbocycles. The molecule has 6 atom stereocenters. The Labute approximate surface area is 192 Å². The summed E-state index contributed by atoms with van der Waals surface area (Å²) < 4.78 is 11.6. The molecule has 6 nitrogen and oxygen atoms in total. The van der Waals surface area contributed by atoms with Crippen molar-refractivity contribution in [3.8, 4) is 5.75 Å². The van der Waals surface area contributed by atoms with E-state index in [1.54, 1.807) is 24.3 Å². The topological polar surface area (TPSA) is 96.2 Å². The number of halogens is 2. The lowest BCUT2D eigenvalue weighted by atomic mass is 9.86. The number of hydrogen-bond donors (Lipinski definition) is 3. The molecule has 1 heterocycles. The molecule has 0 aromatic heterocycles. The van der Waals surface area contributed by atoms with Gasteiger partial charge in [-0.2, -0.15) is 0 Å². The molecule has 1 saturated heterocycles. The highest BCUT2D eigenvalue weighted by Crippen LogP contribution is 2.42. The van der Waals surface area contributed by atoms with Crippen molar-refractivity contribution in [2.45, 2.75) is 56.8 Å². The smallest absolute Gasteiger partial charge is 0.303 e. The van der Waals surface area contributed by atoms with Crippen LogP contribution in [0.3, 0.4) is 0 Å². The van der Waals surface area contributed by atoms with Gasteiger partial charge in [0.1, 0.15) is 18.5 Å². The number of hydrogen-bond acceptors (Lipinski definition) is 5. The standard InChI is InChI=1S/C23H30Cl2O6/c24-15-8-16(25)10-18(9-15)30-13-17(26)5-7-19-20-6-4-14(2-1-3-23(28)29)12-31-22(20)11-21(19)27/h5,7-10,14,17,19-22,26-27H,1-4,6,11-13H2,(H,28,29)/t14-,17+,19+,20+,21+,22-/m0/s1. The van der Waals surface area contributed by atoms with Gasteiger partial charge in [0.2, 0.25) is 0 Å². The van der Waals surface area contributed by atoms with Crippen LogP contribution >= 0.6 is 23.2 Å². The number of carboxylic acids is 1. The molecule has 3 N–H and O–H groups in total. The Morgan fingerprint density at radius 1 is 1.26 bits per heavy atom. The van der Waals surface area contributed by atoms with Crippen molar-refractivity contribution in [2.75, 3.05) is 13.2 Å². The van der Waals surface area contributed by atoms with Crippen LogP contribution in [-0.4, -0.2) is 52.8 Å². The number of benzene rings is 1. The van der Waals surface area contributed by atoms with E-state index >= 15 is 0 Å². The van der Waals surface area contributed by atoms with E-state index < -0.39 is 18.2 Å². The normalized spacial score (nSPS) is 29.5. The molecule has 1 aliphatic carbocycles. The zero-order chi connectivity index (χ0) is 22.4. The summed E-state index contributed by atoms with van der Waals surface area (Å²) in [5, 5.41) is 30.6. The van der Waals surface area contributed by atoms with Gasteiger partial charge in [-0.25, -0.2) is 0 Å².